The molecule has 3 fully saturated rings. The average Bonchev–Trinajstić information content (AvgIpc) is 3.21. The summed E-state index contributed by atoms with van der Waals surface area (Å²) >= 11 is 0. The summed E-state index contributed by atoms with van der Waals surface area (Å²) in [7, 11) is 0.268. The molecule has 0 nitrogen and oxygen atoms in total. The lowest BCUT2D eigenvalue weighted by molar-refractivity contribution is 0.795. The summed E-state index contributed by atoms with van der Waals surface area (Å²) in [5, 5.41) is 0. The molecule has 1 unspecified atom stereocenters. The normalized spacial score (nSPS) is 29.9. The van der Waals surface area contributed by atoms with Crippen LogP contribution in [-0.2, 0) is 0 Å². The van der Waals surface area contributed by atoms with Gasteiger partial charge in [0.05, 0.1) is 0 Å². The largest absolute Gasteiger partial charge is 0.0930 e. The molecule has 0 aromatic heterocycles. The van der Waals surface area contributed by atoms with Crippen molar-refractivity contribution in [1.29, 1.82) is 0 Å². The van der Waals surface area contributed by atoms with Crippen molar-refractivity contribution in [2.24, 2.45) is 0 Å². The molecule has 1 heteroatoms. The van der Waals surface area contributed by atoms with Gasteiger partial charge in [-0.25, -0.2) is 0 Å². The monoisotopic (exact) mass is 304 g/mol. The standard InChI is InChI=1S/C20H33P/c1-16(2)14-15-17-8-7-13-20(17)21(18-9-3-4-10-18)19-11-5-6-12-19/h14-15,18-20H,3-13H2,1-2H3. The second-order valence-electron chi connectivity index (χ2n) is 7.72. The summed E-state index contributed by atoms with van der Waals surface area (Å²) in [6.07, 6.45) is 21.6. The molecule has 0 aliphatic heterocycles. The lowest BCUT2D eigenvalue weighted by Crippen LogP contribution is -2.19. The smallest absolute Gasteiger partial charge is 0.000878 e. The van der Waals surface area contributed by atoms with Crippen molar-refractivity contribution >= 4 is 7.92 Å². The molecular formula is C20H33P. The van der Waals surface area contributed by atoms with Crippen LogP contribution in [0.25, 0.3) is 0 Å². The molecule has 0 amide bonds. The Morgan fingerprint density at radius 3 is 1.95 bits per heavy atom. The molecule has 0 saturated heterocycles. The van der Waals surface area contributed by atoms with Crippen molar-refractivity contribution in [1.82, 2.24) is 0 Å². The maximum atomic E-state index is 2.52. The predicted octanol–water partition coefficient (Wildman–Crippen LogP) is 6.80. The van der Waals surface area contributed by atoms with Crippen LogP contribution in [0.4, 0.5) is 0 Å². The molecule has 0 bridgehead atoms. The van der Waals surface area contributed by atoms with Crippen LogP contribution in [0.1, 0.15) is 84.5 Å². The van der Waals surface area contributed by atoms with Crippen molar-refractivity contribution in [3.05, 3.63) is 23.3 Å². The number of hydrogen-bond acceptors (Lipinski definition) is 0. The molecule has 0 aromatic carbocycles. The Morgan fingerprint density at radius 1 is 0.857 bits per heavy atom. The predicted molar refractivity (Wildman–Crippen MR) is 96.6 cm³/mol. The fourth-order valence-electron chi connectivity index (χ4n) is 4.87. The summed E-state index contributed by atoms with van der Waals surface area (Å²) in [5.41, 5.74) is 6.55. The first-order chi connectivity index (χ1) is 10.3. The zero-order valence-corrected chi connectivity index (χ0v) is 15.0. The van der Waals surface area contributed by atoms with Crippen LogP contribution in [0, 0.1) is 0 Å². The third kappa shape index (κ3) is 3.82. The van der Waals surface area contributed by atoms with Gasteiger partial charge in [0.15, 0.2) is 0 Å². The maximum absolute atomic E-state index is 2.52. The topological polar surface area (TPSA) is 0 Å². The van der Waals surface area contributed by atoms with Crippen molar-refractivity contribution in [3.63, 3.8) is 0 Å². The van der Waals surface area contributed by atoms with Crippen molar-refractivity contribution in [2.75, 3.05) is 0 Å². The molecule has 3 aliphatic carbocycles. The summed E-state index contributed by atoms with van der Waals surface area (Å²) in [6.45, 7) is 4.47. The molecule has 0 spiro atoms. The van der Waals surface area contributed by atoms with Crippen molar-refractivity contribution in [3.8, 4) is 0 Å². The lowest BCUT2D eigenvalue weighted by Gasteiger charge is -2.36. The molecule has 0 heterocycles. The van der Waals surface area contributed by atoms with Crippen molar-refractivity contribution < 1.29 is 0 Å². The third-order valence-corrected chi connectivity index (χ3v) is 9.88. The van der Waals surface area contributed by atoms with Gasteiger partial charge in [-0.05, 0) is 70.1 Å². The van der Waals surface area contributed by atoms with E-state index in [1.807, 2.05) is 5.57 Å². The Balaban J connectivity index is 1.80. The van der Waals surface area contributed by atoms with Crippen LogP contribution in [0.2, 0.25) is 0 Å². The van der Waals surface area contributed by atoms with Gasteiger partial charge in [0.1, 0.15) is 0 Å². The fourth-order valence-corrected chi connectivity index (χ4v) is 9.49. The summed E-state index contributed by atoms with van der Waals surface area (Å²) in [6, 6.07) is 0. The highest BCUT2D eigenvalue weighted by Gasteiger charge is 2.40. The lowest BCUT2D eigenvalue weighted by atomic mass is 10.2. The van der Waals surface area contributed by atoms with E-state index in [2.05, 4.69) is 26.0 Å². The molecule has 0 N–H and O–H groups in total. The molecule has 118 valence electrons. The van der Waals surface area contributed by atoms with E-state index in [-0.39, 0.29) is 7.92 Å². The van der Waals surface area contributed by atoms with Gasteiger partial charge in [-0.2, -0.15) is 0 Å². The Kier molecular flexibility index (Phi) is 5.60. The van der Waals surface area contributed by atoms with Gasteiger partial charge < -0.3 is 0 Å². The van der Waals surface area contributed by atoms with E-state index in [4.69, 9.17) is 0 Å². The van der Waals surface area contributed by atoms with E-state index in [1.165, 1.54) is 50.5 Å². The second kappa shape index (κ2) is 7.45. The molecule has 21 heavy (non-hydrogen) atoms. The highest BCUT2D eigenvalue weighted by molar-refractivity contribution is 7.60. The molecular weight excluding hydrogens is 271 g/mol. The Labute approximate surface area is 133 Å². The van der Waals surface area contributed by atoms with Gasteiger partial charge in [0.25, 0.3) is 0 Å². The Bertz CT molecular complexity index is 374. The van der Waals surface area contributed by atoms with E-state index in [0.717, 1.165) is 17.0 Å². The first-order valence-electron chi connectivity index (χ1n) is 9.37. The highest BCUT2D eigenvalue weighted by Crippen LogP contribution is 2.64. The minimum atomic E-state index is 0.268. The molecule has 3 rings (SSSR count). The second-order valence-corrected chi connectivity index (χ2v) is 10.7. The summed E-state index contributed by atoms with van der Waals surface area (Å²) < 4.78 is 0. The van der Waals surface area contributed by atoms with E-state index in [9.17, 15) is 0 Å². The molecule has 1 atom stereocenters. The van der Waals surface area contributed by atoms with Crippen LogP contribution >= 0.6 is 7.92 Å². The Morgan fingerprint density at radius 2 is 1.43 bits per heavy atom. The summed E-state index contributed by atoms with van der Waals surface area (Å²) in [4.78, 5) is 0. The zero-order valence-electron chi connectivity index (χ0n) is 14.1. The number of hydrogen-bond donors (Lipinski definition) is 0. The van der Waals surface area contributed by atoms with Gasteiger partial charge in [-0.1, -0.05) is 56.9 Å². The van der Waals surface area contributed by atoms with Crippen LogP contribution in [0.5, 0.6) is 0 Å². The minimum absolute atomic E-state index is 0.268. The molecule has 3 saturated carbocycles. The van der Waals surface area contributed by atoms with Gasteiger partial charge >= 0.3 is 0 Å². The Hall–Kier alpha value is -0.0900. The number of rotatable bonds is 4. The van der Waals surface area contributed by atoms with Crippen LogP contribution < -0.4 is 0 Å². The van der Waals surface area contributed by atoms with E-state index < -0.39 is 0 Å². The van der Waals surface area contributed by atoms with E-state index in [1.54, 1.807) is 25.7 Å². The molecule has 3 aliphatic rings. The SMILES string of the molecule is CC(C)=CC=C1CCCC1P(C1CCCC1)C1CCCC1. The molecule has 0 aromatic rings. The first-order valence-corrected chi connectivity index (χ1v) is 10.9. The van der Waals surface area contributed by atoms with Crippen LogP contribution in [0.3, 0.4) is 0 Å². The van der Waals surface area contributed by atoms with Gasteiger partial charge in [-0.3, -0.25) is 0 Å². The maximum Gasteiger partial charge on any atom is 0.000878 e. The van der Waals surface area contributed by atoms with Crippen molar-refractivity contribution in [2.45, 2.75) is 101 Å². The van der Waals surface area contributed by atoms with Gasteiger partial charge in [-0.15, -0.1) is 0 Å². The number of allylic oxidation sites excluding steroid dienone is 4. The van der Waals surface area contributed by atoms with Gasteiger partial charge in [0.2, 0.25) is 0 Å². The fraction of sp³-hybridized carbons (Fsp3) is 0.800. The first kappa shape index (κ1) is 15.8. The van der Waals surface area contributed by atoms with E-state index >= 15 is 0 Å². The highest BCUT2D eigenvalue weighted by atomic mass is 31.1. The average molecular weight is 304 g/mol. The zero-order chi connectivity index (χ0) is 14.7. The third-order valence-electron chi connectivity index (χ3n) is 5.85. The molecule has 0 radical (unpaired) electrons. The quantitative estimate of drug-likeness (QED) is 0.501. The van der Waals surface area contributed by atoms with Crippen LogP contribution in [0.15, 0.2) is 23.3 Å². The van der Waals surface area contributed by atoms with Crippen LogP contribution in [-0.4, -0.2) is 17.0 Å². The van der Waals surface area contributed by atoms with Gasteiger partial charge in [0, 0.05) is 5.66 Å². The van der Waals surface area contributed by atoms with E-state index in [0.29, 0.717) is 0 Å². The summed E-state index contributed by atoms with van der Waals surface area (Å²) in [5.74, 6) is 0. The minimum Gasteiger partial charge on any atom is -0.0930 e.